The van der Waals surface area contributed by atoms with E-state index in [1.54, 1.807) is 0 Å². The van der Waals surface area contributed by atoms with Gasteiger partial charge >= 0.3 is 0 Å². The molecule has 1 aliphatic heterocycles. The Balaban J connectivity index is 1.66. The Bertz CT molecular complexity index is 565. The van der Waals surface area contributed by atoms with Crippen LogP contribution in [0.25, 0.3) is 0 Å². The maximum absolute atomic E-state index is 5.92. The molecule has 2 aromatic rings. The third-order valence-corrected chi connectivity index (χ3v) is 3.68. The summed E-state index contributed by atoms with van der Waals surface area (Å²) in [6, 6.07) is 16.3. The molecule has 0 spiro atoms. The van der Waals surface area contributed by atoms with Gasteiger partial charge in [-0.05, 0) is 36.8 Å². The summed E-state index contributed by atoms with van der Waals surface area (Å²) in [5.41, 5.74) is 2.35. The molecule has 0 aliphatic carbocycles. The standard InChI is InChI=1S/C17H19NO2/c1-18-14-6-8-15(9-7-14)20-12-13-10-11-19-17-5-3-2-4-16(13)17/h2-9,13,18H,10-12H2,1H3. The molecule has 0 amide bonds. The molecule has 1 N–H and O–H groups in total. The highest BCUT2D eigenvalue weighted by atomic mass is 16.5. The largest absolute Gasteiger partial charge is 0.493 e. The van der Waals surface area contributed by atoms with Crippen molar-refractivity contribution in [2.75, 3.05) is 25.6 Å². The maximum atomic E-state index is 5.92. The van der Waals surface area contributed by atoms with E-state index in [1.807, 2.05) is 43.4 Å². The fraction of sp³-hybridized carbons (Fsp3) is 0.294. The zero-order chi connectivity index (χ0) is 13.8. The minimum atomic E-state index is 0.406. The molecule has 20 heavy (non-hydrogen) atoms. The second kappa shape index (κ2) is 5.87. The first-order valence-corrected chi connectivity index (χ1v) is 6.99. The highest BCUT2D eigenvalue weighted by Gasteiger charge is 2.21. The molecule has 1 aliphatic rings. The van der Waals surface area contributed by atoms with E-state index < -0.39 is 0 Å². The van der Waals surface area contributed by atoms with Gasteiger partial charge in [-0.25, -0.2) is 0 Å². The van der Waals surface area contributed by atoms with E-state index in [0.717, 1.165) is 30.2 Å². The fourth-order valence-electron chi connectivity index (χ4n) is 2.50. The van der Waals surface area contributed by atoms with Gasteiger partial charge in [-0.2, -0.15) is 0 Å². The summed E-state index contributed by atoms with van der Waals surface area (Å²) in [5, 5.41) is 3.10. The summed E-state index contributed by atoms with van der Waals surface area (Å²) in [4.78, 5) is 0. The van der Waals surface area contributed by atoms with Gasteiger partial charge in [-0.15, -0.1) is 0 Å². The average Bonchev–Trinajstić information content (AvgIpc) is 2.53. The van der Waals surface area contributed by atoms with Crippen molar-refractivity contribution in [3.63, 3.8) is 0 Å². The average molecular weight is 269 g/mol. The number of benzene rings is 2. The van der Waals surface area contributed by atoms with E-state index in [0.29, 0.717) is 12.5 Å². The van der Waals surface area contributed by atoms with Crippen molar-refractivity contribution in [2.24, 2.45) is 0 Å². The van der Waals surface area contributed by atoms with Crippen LogP contribution >= 0.6 is 0 Å². The molecule has 3 heteroatoms. The van der Waals surface area contributed by atoms with E-state index in [1.165, 1.54) is 5.56 Å². The van der Waals surface area contributed by atoms with Crippen LogP contribution < -0.4 is 14.8 Å². The minimum Gasteiger partial charge on any atom is -0.493 e. The lowest BCUT2D eigenvalue weighted by molar-refractivity contribution is 0.217. The Morgan fingerprint density at radius 3 is 2.75 bits per heavy atom. The fourth-order valence-corrected chi connectivity index (χ4v) is 2.50. The topological polar surface area (TPSA) is 30.5 Å². The second-order valence-electron chi connectivity index (χ2n) is 4.96. The van der Waals surface area contributed by atoms with Gasteiger partial charge in [0.15, 0.2) is 0 Å². The molecule has 0 fully saturated rings. The first-order chi connectivity index (χ1) is 9.86. The SMILES string of the molecule is CNc1ccc(OCC2CCOc3ccccc32)cc1. The summed E-state index contributed by atoms with van der Waals surface area (Å²) in [6.07, 6.45) is 1.01. The molecule has 0 bridgehead atoms. The third kappa shape index (κ3) is 2.72. The minimum absolute atomic E-state index is 0.406. The number of ether oxygens (including phenoxy) is 2. The van der Waals surface area contributed by atoms with E-state index in [9.17, 15) is 0 Å². The Morgan fingerprint density at radius 2 is 1.95 bits per heavy atom. The zero-order valence-corrected chi connectivity index (χ0v) is 11.6. The van der Waals surface area contributed by atoms with Crippen molar-refractivity contribution in [1.29, 1.82) is 0 Å². The quantitative estimate of drug-likeness (QED) is 0.918. The lowest BCUT2D eigenvalue weighted by atomic mass is 9.94. The molecule has 3 rings (SSSR count). The van der Waals surface area contributed by atoms with Crippen LogP contribution in [0.3, 0.4) is 0 Å². The van der Waals surface area contributed by atoms with Crippen molar-refractivity contribution in [3.8, 4) is 11.5 Å². The number of para-hydroxylation sites is 1. The number of anilines is 1. The summed E-state index contributed by atoms with van der Waals surface area (Å²) in [7, 11) is 1.91. The molecule has 1 heterocycles. The monoisotopic (exact) mass is 269 g/mol. The van der Waals surface area contributed by atoms with Crippen molar-refractivity contribution in [3.05, 3.63) is 54.1 Å². The van der Waals surface area contributed by atoms with Crippen LogP contribution in [-0.4, -0.2) is 20.3 Å². The molecule has 0 radical (unpaired) electrons. The molecule has 0 saturated carbocycles. The van der Waals surface area contributed by atoms with Gasteiger partial charge in [0, 0.05) is 24.2 Å². The molecule has 3 nitrogen and oxygen atoms in total. The lowest BCUT2D eigenvalue weighted by Crippen LogP contribution is -2.19. The van der Waals surface area contributed by atoms with Crippen LogP contribution in [0.4, 0.5) is 5.69 Å². The Hall–Kier alpha value is -2.16. The predicted octanol–water partition coefficient (Wildman–Crippen LogP) is 3.67. The van der Waals surface area contributed by atoms with Crippen LogP contribution in [0.1, 0.15) is 17.9 Å². The summed E-state index contributed by atoms with van der Waals surface area (Å²) < 4.78 is 11.6. The number of hydrogen-bond donors (Lipinski definition) is 1. The highest BCUT2D eigenvalue weighted by Crippen LogP contribution is 2.33. The normalized spacial score (nSPS) is 16.9. The van der Waals surface area contributed by atoms with Crippen LogP contribution in [-0.2, 0) is 0 Å². The van der Waals surface area contributed by atoms with E-state index in [2.05, 4.69) is 17.4 Å². The van der Waals surface area contributed by atoms with Crippen LogP contribution in [0, 0.1) is 0 Å². The zero-order valence-electron chi connectivity index (χ0n) is 11.6. The molecule has 104 valence electrons. The van der Waals surface area contributed by atoms with Gasteiger partial charge < -0.3 is 14.8 Å². The Kier molecular flexibility index (Phi) is 3.77. The molecule has 0 saturated heterocycles. The van der Waals surface area contributed by atoms with Gasteiger partial charge in [-0.1, -0.05) is 18.2 Å². The van der Waals surface area contributed by atoms with Gasteiger partial charge in [0.2, 0.25) is 0 Å². The summed E-state index contributed by atoms with van der Waals surface area (Å²) in [5.74, 6) is 2.31. The van der Waals surface area contributed by atoms with Gasteiger partial charge in [-0.3, -0.25) is 0 Å². The van der Waals surface area contributed by atoms with Crippen molar-refractivity contribution < 1.29 is 9.47 Å². The summed E-state index contributed by atoms with van der Waals surface area (Å²) >= 11 is 0. The molecular formula is C17H19NO2. The Labute approximate surface area is 119 Å². The van der Waals surface area contributed by atoms with Crippen molar-refractivity contribution >= 4 is 5.69 Å². The highest BCUT2D eigenvalue weighted by molar-refractivity contribution is 5.45. The van der Waals surface area contributed by atoms with Crippen LogP contribution in [0.5, 0.6) is 11.5 Å². The van der Waals surface area contributed by atoms with E-state index in [4.69, 9.17) is 9.47 Å². The predicted molar refractivity (Wildman–Crippen MR) is 80.8 cm³/mol. The number of fused-ring (bicyclic) bond motifs is 1. The van der Waals surface area contributed by atoms with Gasteiger partial charge in [0.05, 0.1) is 13.2 Å². The van der Waals surface area contributed by atoms with Gasteiger partial charge in [0.1, 0.15) is 11.5 Å². The summed E-state index contributed by atoms with van der Waals surface area (Å²) in [6.45, 7) is 1.46. The lowest BCUT2D eigenvalue weighted by Gasteiger charge is -2.25. The first-order valence-electron chi connectivity index (χ1n) is 6.99. The third-order valence-electron chi connectivity index (χ3n) is 3.68. The van der Waals surface area contributed by atoms with Crippen molar-refractivity contribution in [1.82, 2.24) is 0 Å². The molecule has 0 aromatic heterocycles. The van der Waals surface area contributed by atoms with Crippen LogP contribution in [0.15, 0.2) is 48.5 Å². The number of nitrogens with one attached hydrogen (secondary N) is 1. The molecule has 1 unspecified atom stereocenters. The number of hydrogen-bond acceptors (Lipinski definition) is 3. The smallest absolute Gasteiger partial charge is 0.122 e. The van der Waals surface area contributed by atoms with Crippen molar-refractivity contribution in [2.45, 2.75) is 12.3 Å². The molecular weight excluding hydrogens is 250 g/mol. The number of rotatable bonds is 4. The molecule has 1 atom stereocenters. The maximum Gasteiger partial charge on any atom is 0.122 e. The van der Waals surface area contributed by atoms with E-state index >= 15 is 0 Å². The Morgan fingerprint density at radius 1 is 1.15 bits per heavy atom. The van der Waals surface area contributed by atoms with Gasteiger partial charge in [0.25, 0.3) is 0 Å². The first kappa shape index (κ1) is 12.9. The van der Waals surface area contributed by atoms with Crippen LogP contribution in [0.2, 0.25) is 0 Å². The second-order valence-corrected chi connectivity index (χ2v) is 4.96. The molecule has 2 aromatic carbocycles. The van der Waals surface area contributed by atoms with E-state index in [-0.39, 0.29) is 0 Å².